The summed E-state index contributed by atoms with van der Waals surface area (Å²) in [6, 6.07) is 5.93. The first-order valence-electron chi connectivity index (χ1n) is 5.62. The third kappa shape index (κ3) is 3.75. The number of benzene rings is 1. The molecule has 0 saturated heterocycles. The molecule has 17 heavy (non-hydrogen) atoms. The number of rotatable bonds is 5. The Labute approximate surface area is 102 Å². The van der Waals surface area contributed by atoms with Crippen LogP contribution in [0.1, 0.15) is 30.9 Å². The molecular weight excluding hydrogens is 218 g/mol. The zero-order valence-corrected chi connectivity index (χ0v) is 10.5. The van der Waals surface area contributed by atoms with Gasteiger partial charge >= 0.3 is 0 Å². The molecule has 94 valence electrons. The molecule has 0 bridgehead atoms. The molecule has 1 rings (SSSR count). The van der Waals surface area contributed by atoms with Gasteiger partial charge in [0.05, 0.1) is 7.11 Å². The van der Waals surface area contributed by atoms with Gasteiger partial charge in [0.2, 0.25) is 5.91 Å². The second kappa shape index (κ2) is 6.25. The smallest absolute Gasteiger partial charge is 0.245 e. The Bertz CT molecular complexity index is 388. The zero-order valence-electron chi connectivity index (χ0n) is 10.5. The maximum atomic E-state index is 11.0. The summed E-state index contributed by atoms with van der Waals surface area (Å²) >= 11 is 0. The lowest BCUT2D eigenvalue weighted by Gasteiger charge is -2.13. The Morgan fingerprint density at radius 1 is 1.47 bits per heavy atom. The number of carbonyl (C=O) groups excluding carboxylic acids is 1. The van der Waals surface area contributed by atoms with Crippen LogP contribution in [0.3, 0.4) is 0 Å². The highest BCUT2D eigenvalue weighted by atomic mass is 16.5. The average Bonchev–Trinajstić information content (AvgIpc) is 2.35. The molecule has 0 heterocycles. The van der Waals surface area contributed by atoms with Crippen LogP contribution in [-0.4, -0.2) is 24.7 Å². The number of amides is 1. The third-order valence-corrected chi connectivity index (χ3v) is 2.59. The summed E-state index contributed by atoms with van der Waals surface area (Å²) in [5.74, 6) is 0.780. The number of hydrogen-bond acceptors (Lipinski definition) is 3. The molecule has 4 nitrogen and oxygen atoms in total. The second-order valence-corrected chi connectivity index (χ2v) is 4.16. The van der Waals surface area contributed by atoms with E-state index < -0.39 is 6.61 Å². The van der Waals surface area contributed by atoms with E-state index in [1.807, 2.05) is 18.2 Å². The van der Waals surface area contributed by atoms with Crippen molar-refractivity contribution in [3.8, 4) is 5.75 Å². The molecule has 0 aromatic heterocycles. The first kappa shape index (κ1) is 13.5. The van der Waals surface area contributed by atoms with Crippen molar-refractivity contribution in [2.24, 2.45) is 0 Å². The monoisotopic (exact) mass is 237 g/mol. The summed E-state index contributed by atoms with van der Waals surface area (Å²) in [4.78, 5) is 11.0. The van der Waals surface area contributed by atoms with Crippen molar-refractivity contribution >= 4 is 5.91 Å². The van der Waals surface area contributed by atoms with Gasteiger partial charge in [-0.05, 0) is 17.5 Å². The zero-order chi connectivity index (χ0) is 12.8. The maximum Gasteiger partial charge on any atom is 0.245 e. The molecule has 1 amide bonds. The Balaban J connectivity index is 2.86. The first-order chi connectivity index (χ1) is 8.08. The first-order valence-corrected chi connectivity index (χ1v) is 5.62. The molecule has 1 aromatic rings. The van der Waals surface area contributed by atoms with Gasteiger partial charge in [-0.3, -0.25) is 4.79 Å². The van der Waals surface area contributed by atoms with Crippen molar-refractivity contribution in [3.63, 3.8) is 0 Å². The van der Waals surface area contributed by atoms with E-state index in [2.05, 4.69) is 19.2 Å². The minimum atomic E-state index is -0.494. The van der Waals surface area contributed by atoms with E-state index in [1.165, 1.54) is 5.56 Å². The summed E-state index contributed by atoms with van der Waals surface area (Å²) in [5, 5.41) is 11.3. The van der Waals surface area contributed by atoms with Gasteiger partial charge in [-0.15, -0.1) is 0 Å². The maximum absolute atomic E-state index is 11.0. The largest absolute Gasteiger partial charge is 0.496 e. The van der Waals surface area contributed by atoms with Gasteiger partial charge in [-0.25, -0.2) is 0 Å². The predicted octanol–water partition coefficient (Wildman–Crippen LogP) is 1.43. The fourth-order valence-electron chi connectivity index (χ4n) is 1.55. The van der Waals surface area contributed by atoms with Gasteiger partial charge < -0.3 is 15.2 Å². The van der Waals surface area contributed by atoms with Crippen molar-refractivity contribution < 1.29 is 14.6 Å². The fourth-order valence-corrected chi connectivity index (χ4v) is 1.55. The lowest BCUT2D eigenvalue weighted by molar-refractivity contribution is -0.123. The van der Waals surface area contributed by atoms with Crippen molar-refractivity contribution in [2.45, 2.75) is 26.3 Å². The van der Waals surface area contributed by atoms with E-state index in [9.17, 15) is 4.79 Å². The molecular formula is C13H19NO3. The van der Waals surface area contributed by atoms with Crippen LogP contribution >= 0.6 is 0 Å². The van der Waals surface area contributed by atoms with Crippen molar-refractivity contribution in [2.75, 3.05) is 13.7 Å². The molecule has 0 spiro atoms. The van der Waals surface area contributed by atoms with Crippen LogP contribution in [0, 0.1) is 0 Å². The molecule has 2 N–H and O–H groups in total. The highest BCUT2D eigenvalue weighted by Gasteiger charge is 2.08. The van der Waals surface area contributed by atoms with Gasteiger partial charge in [0.1, 0.15) is 12.4 Å². The highest BCUT2D eigenvalue weighted by Crippen LogP contribution is 2.23. The van der Waals surface area contributed by atoms with Gasteiger partial charge in [-0.1, -0.05) is 26.0 Å². The topological polar surface area (TPSA) is 58.6 Å². The number of hydrogen-bond donors (Lipinski definition) is 2. The molecule has 0 aliphatic heterocycles. The van der Waals surface area contributed by atoms with Crippen LogP contribution in [0.5, 0.6) is 5.75 Å². The van der Waals surface area contributed by atoms with Crippen LogP contribution in [0.2, 0.25) is 0 Å². The number of ether oxygens (including phenoxy) is 1. The number of nitrogens with one attached hydrogen (secondary N) is 1. The number of carbonyl (C=O) groups is 1. The Morgan fingerprint density at radius 3 is 2.71 bits per heavy atom. The molecule has 0 saturated carbocycles. The molecule has 0 atom stereocenters. The van der Waals surface area contributed by atoms with Crippen molar-refractivity contribution in [3.05, 3.63) is 29.3 Å². The molecule has 4 heteroatoms. The Hall–Kier alpha value is -1.55. The van der Waals surface area contributed by atoms with E-state index in [-0.39, 0.29) is 5.91 Å². The summed E-state index contributed by atoms with van der Waals surface area (Å²) in [5.41, 5.74) is 2.11. The van der Waals surface area contributed by atoms with Crippen molar-refractivity contribution in [1.82, 2.24) is 5.32 Å². The molecule has 0 aliphatic carbocycles. The summed E-state index contributed by atoms with van der Waals surface area (Å²) in [6.45, 7) is 4.09. The Kier molecular flexibility index (Phi) is 4.97. The van der Waals surface area contributed by atoms with E-state index in [0.717, 1.165) is 11.3 Å². The van der Waals surface area contributed by atoms with Crippen LogP contribution in [0.4, 0.5) is 0 Å². The molecule has 0 aliphatic rings. The van der Waals surface area contributed by atoms with E-state index in [1.54, 1.807) is 7.11 Å². The average molecular weight is 237 g/mol. The van der Waals surface area contributed by atoms with Gasteiger partial charge in [0.25, 0.3) is 0 Å². The summed E-state index contributed by atoms with van der Waals surface area (Å²) in [6.07, 6.45) is 0. The SMILES string of the molecule is COc1ccc(C(C)C)cc1CNC(=O)CO. The second-order valence-electron chi connectivity index (χ2n) is 4.16. The number of aliphatic hydroxyl groups excluding tert-OH is 1. The Morgan fingerprint density at radius 2 is 2.18 bits per heavy atom. The van der Waals surface area contributed by atoms with Crippen LogP contribution in [0.25, 0.3) is 0 Å². The highest BCUT2D eigenvalue weighted by molar-refractivity contribution is 5.76. The standard InChI is InChI=1S/C13H19NO3/c1-9(2)10-4-5-12(17-3)11(6-10)7-14-13(16)8-15/h4-6,9,15H,7-8H2,1-3H3,(H,14,16). The molecule has 0 fully saturated rings. The summed E-state index contributed by atoms with van der Waals surface area (Å²) in [7, 11) is 1.60. The third-order valence-electron chi connectivity index (χ3n) is 2.59. The molecule has 0 unspecified atom stereocenters. The summed E-state index contributed by atoms with van der Waals surface area (Å²) < 4.78 is 5.23. The van der Waals surface area contributed by atoms with Gasteiger partial charge in [-0.2, -0.15) is 0 Å². The van der Waals surface area contributed by atoms with Gasteiger partial charge in [0, 0.05) is 12.1 Å². The predicted molar refractivity (Wildman–Crippen MR) is 66.0 cm³/mol. The van der Waals surface area contributed by atoms with E-state index in [4.69, 9.17) is 9.84 Å². The lowest BCUT2D eigenvalue weighted by atomic mass is 10.0. The van der Waals surface area contributed by atoms with Gasteiger partial charge in [0.15, 0.2) is 0 Å². The molecule has 1 aromatic carbocycles. The number of aliphatic hydroxyl groups is 1. The van der Waals surface area contributed by atoms with Crippen molar-refractivity contribution in [1.29, 1.82) is 0 Å². The minimum Gasteiger partial charge on any atom is -0.496 e. The number of methoxy groups -OCH3 is 1. The minimum absolute atomic E-state index is 0.364. The quantitative estimate of drug-likeness (QED) is 0.814. The van der Waals surface area contributed by atoms with E-state index in [0.29, 0.717) is 12.5 Å². The van der Waals surface area contributed by atoms with Crippen LogP contribution in [-0.2, 0) is 11.3 Å². The normalized spacial score (nSPS) is 10.4. The fraction of sp³-hybridized carbons (Fsp3) is 0.462. The van der Waals surface area contributed by atoms with Crippen LogP contribution < -0.4 is 10.1 Å². The van der Waals surface area contributed by atoms with E-state index >= 15 is 0 Å². The lowest BCUT2D eigenvalue weighted by Crippen LogP contribution is -2.25. The van der Waals surface area contributed by atoms with Crippen LogP contribution in [0.15, 0.2) is 18.2 Å². The molecule has 0 radical (unpaired) electrons.